The van der Waals surface area contributed by atoms with Crippen LogP contribution in [0.25, 0.3) is 0 Å². The van der Waals surface area contributed by atoms with Gasteiger partial charge in [0.2, 0.25) is 0 Å². The molecule has 0 bridgehead atoms. The second-order valence-corrected chi connectivity index (χ2v) is 7.60. The first-order valence-electron chi connectivity index (χ1n) is 9.76. The van der Waals surface area contributed by atoms with Crippen LogP contribution in [-0.2, 0) is 19.6 Å². The summed E-state index contributed by atoms with van der Waals surface area (Å²) in [7, 11) is 0. The summed E-state index contributed by atoms with van der Waals surface area (Å²) in [6, 6.07) is 4.03. The first-order valence-corrected chi connectivity index (χ1v) is 9.76. The molecule has 7 nitrogen and oxygen atoms in total. The Balaban J connectivity index is 1.42. The van der Waals surface area contributed by atoms with Crippen LogP contribution in [0, 0.1) is 0 Å². The summed E-state index contributed by atoms with van der Waals surface area (Å²) >= 11 is 0. The van der Waals surface area contributed by atoms with Gasteiger partial charge < -0.3 is 14.7 Å². The van der Waals surface area contributed by atoms with Crippen LogP contribution in [0.15, 0.2) is 16.7 Å². The largest absolute Gasteiger partial charge is 0.393 e. The van der Waals surface area contributed by atoms with E-state index in [0.29, 0.717) is 11.6 Å². The molecule has 1 aliphatic heterocycles. The number of hydrogen-bond donors (Lipinski definition) is 2. The Kier molecular flexibility index (Phi) is 5.38. The standard InChI is InChI=1S/C19H28N4O3/c24-13-19(25)18-9-15-11-22(7-4-8-23(15)20-18)12-16-10-17(21-26-16)14-5-2-1-3-6-14/h9-10,14,19,24-25H,1-8,11-13H2/t19-/m0/s1. The van der Waals surface area contributed by atoms with Gasteiger partial charge in [0.05, 0.1) is 30.2 Å². The molecule has 3 heterocycles. The molecule has 1 saturated carbocycles. The Labute approximate surface area is 153 Å². The smallest absolute Gasteiger partial charge is 0.150 e. The van der Waals surface area contributed by atoms with Gasteiger partial charge in [-0.05, 0) is 25.3 Å². The Morgan fingerprint density at radius 2 is 2.00 bits per heavy atom. The fourth-order valence-corrected chi connectivity index (χ4v) is 4.16. The predicted molar refractivity (Wildman–Crippen MR) is 95.3 cm³/mol. The van der Waals surface area contributed by atoms with E-state index in [9.17, 15) is 5.11 Å². The molecule has 2 aliphatic rings. The SMILES string of the molecule is OC[C@H](O)c1cc2n(n1)CCCN(Cc1cc(C3CCCCC3)no1)C2. The molecule has 1 aliphatic carbocycles. The van der Waals surface area contributed by atoms with E-state index in [1.165, 1.54) is 32.1 Å². The molecule has 2 aromatic heterocycles. The molecular formula is C19H28N4O3. The number of aliphatic hydroxyl groups excluding tert-OH is 2. The highest BCUT2D eigenvalue weighted by Crippen LogP contribution is 2.32. The lowest BCUT2D eigenvalue weighted by atomic mass is 9.87. The molecule has 0 saturated heterocycles. The highest BCUT2D eigenvalue weighted by Gasteiger charge is 2.22. The van der Waals surface area contributed by atoms with E-state index in [4.69, 9.17) is 9.63 Å². The van der Waals surface area contributed by atoms with Crippen molar-refractivity contribution in [1.82, 2.24) is 19.8 Å². The lowest BCUT2D eigenvalue weighted by Gasteiger charge is -2.19. The molecule has 0 amide bonds. The third-order valence-corrected chi connectivity index (χ3v) is 5.61. The fourth-order valence-electron chi connectivity index (χ4n) is 4.16. The zero-order valence-electron chi connectivity index (χ0n) is 15.2. The average Bonchev–Trinajstić information content (AvgIpc) is 3.25. The lowest BCUT2D eigenvalue weighted by molar-refractivity contribution is 0.0916. The van der Waals surface area contributed by atoms with Gasteiger partial charge in [-0.1, -0.05) is 24.4 Å². The maximum Gasteiger partial charge on any atom is 0.150 e. The molecular weight excluding hydrogens is 332 g/mol. The Morgan fingerprint density at radius 3 is 2.81 bits per heavy atom. The van der Waals surface area contributed by atoms with Gasteiger partial charge in [-0.2, -0.15) is 5.10 Å². The van der Waals surface area contributed by atoms with Crippen molar-refractivity contribution in [3.05, 3.63) is 35.0 Å². The number of rotatable bonds is 5. The maximum atomic E-state index is 9.81. The Morgan fingerprint density at radius 1 is 1.15 bits per heavy atom. The Hall–Kier alpha value is -1.70. The molecule has 0 spiro atoms. The summed E-state index contributed by atoms with van der Waals surface area (Å²) in [5.74, 6) is 1.49. The molecule has 26 heavy (non-hydrogen) atoms. The first-order chi connectivity index (χ1) is 12.7. The van der Waals surface area contributed by atoms with Crippen LogP contribution in [-0.4, -0.2) is 43.2 Å². The zero-order chi connectivity index (χ0) is 17.9. The monoisotopic (exact) mass is 360 g/mol. The van der Waals surface area contributed by atoms with E-state index in [2.05, 4.69) is 21.2 Å². The van der Waals surface area contributed by atoms with Crippen molar-refractivity contribution >= 4 is 0 Å². The number of hydrogen-bond acceptors (Lipinski definition) is 6. The quantitative estimate of drug-likeness (QED) is 0.851. The summed E-state index contributed by atoms with van der Waals surface area (Å²) in [5.41, 5.74) is 2.73. The normalized spacial score (nSPS) is 20.7. The first kappa shape index (κ1) is 17.7. The van der Waals surface area contributed by atoms with Crippen LogP contribution in [0.3, 0.4) is 0 Å². The topological polar surface area (TPSA) is 87.5 Å². The van der Waals surface area contributed by atoms with Gasteiger partial charge in [-0.15, -0.1) is 0 Å². The molecule has 4 rings (SSSR count). The summed E-state index contributed by atoms with van der Waals surface area (Å²) < 4.78 is 7.57. The molecule has 1 fully saturated rings. The zero-order valence-corrected chi connectivity index (χ0v) is 15.2. The predicted octanol–water partition coefficient (Wildman–Crippen LogP) is 2.35. The van der Waals surface area contributed by atoms with Gasteiger partial charge in [0, 0.05) is 31.6 Å². The van der Waals surface area contributed by atoms with E-state index in [-0.39, 0.29) is 6.61 Å². The van der Waals surface area contributed by atoms with Gasteiger partial charge in [-0.25, -0.2) is 0 Å². The van der Waals surface area contributed by atoms with Crippen LogP contribution in [0.5, 0.6) is 0 Å². The van der Waals surface area contributed by atoms with E-state index < -0.39 is 6.10 Å². The third-order valence-electron chi connectivity index (χ3n) is 5.61. The molecule has 0 unspecified atom stereocenters. The van der Waals surface area contributed by atoms with Crippen molar-refractivity contribution < 1.29 is 14.7 Å². The number of nitrogens with zero attached hydrogens (tertiary/aromatic N) is 4. The number of aliphatic hydroxyl groups is 2. The summed E-state index contributed by atoms with van der Waals surface area (Å²) in [4.78, 5) is 2.33. The average molecular weight is 360 g/mol. The van der Waals surface area contributed by atoms with Gasteiger partial charge in [0.25, 0.3) is 0 Å². The molecule has 1 atom stereocenters. The molecule has 0 radical (unpaired) electrons. The van der Waals surface area contributed by atoms with E-state index in [1.807, 2.05) is 10.7 Å². The van der Waals surface area contributed by atoms with Crippen LogP contribution in [0.4, 0.5) is 0 Å². The van der Waals surface area contributed by atoms with E-state index >= 15 is 0 Å². The van der Waals surface area contributed by atoms with Gasteiger partial charge >= 0.3 is 0 Å². The molecule has 142 valence electrons. The van der Waals surface area contributed by atoms with Crippen molar-refractivity contribution in [3.63, 3.8) is 0 Å². The van der Waals surface area contributed by atoms with Gasteiger partial charge in [0.15, 0.2) is 5.76 Å². The van der Waals surface area contributed by atoms with Crippen molar-refractivity contribution in [2.45, 2.75) is 70.2 Å². The van der Waals surface area contributed by atoms with Crippen LogP contribution >= 0.6 is 0 Å². The highest BCUT2D eigenvalue weighted by atomic mass is 16.5. The second kappa shape index (κ2) is 7.90. The van der Waals surface area contributed by atoms with E-state index in [1.54, 1.807) is 0 Å². The van der Waals surface area contributed by atoms with E-state index in [0.717, 1.165) is 49.7 Å². The van der Waals surface area contributed by atoms with Gasteiger partial charge in [-0.3, -0.25) is 9.58 Å². The van der Waals surface area contributed by atoms with Crippen LogP contribution in [0.2, 0.25) is 0 Å². The van der Waals surface area contributed by atoms with Crippen molar-refractivity contribution in [2.24, 2.45) is 0 Å². The lowest BCUT2D eigenvalue weighted by Crippen LogP contribution is -2.22. The van der Waals surface area contributed by atoms with Crippen molar-refractivity contribution in [1.29, 1.82) is 0 Å². The minimum Gasteiger partial charge on any atom is -0.393 e. The minimum atomic E-state index is -0.907. The van der Waals surface area contributed by atoms with Crippen molar-refractivity contribution in [3.8, 4) is 0 Å². The highest BCUT2D eigenvalue weighted by molar-refractivity contribution is 5.15. The summed E-state index contributed by atoms with van der Waals surface area (Å²) in [6.45, 7) is 2.99. The van der Waals surface area contributed by atoms with Crippen LogP contribution < -0.4 is 0 Å². The summed E-state index contributed by atoms with van der Waals surface area (Å²) in [5, 5.41) is 27.7. The molecule has 0 aromatic carbocycles. The minimum absolute atomic E-state index is 0.303. The van der Waals surface area contributed by atoms with Crippen molar-refractivity contribution in [2.75, 3.05) is 13.2 Å². The maximum absolute atomic E-state index is 9.81. The Bertz CT molecular complexity index is 720. The molecule has 2 N–H and O–H groups in total. The third kappa shape index (κ3) is 3.84. The molecule has 7 heteroatoms. The van der Waals surface area contributed by atoms with Gasteiger partial charge in [0.1, 0.15) is 6.10 Å². The number of aromatic nitrogens is 3. The molecule has 2 aromatic rings. The summed E-state index contributed by atoms with van der Waals surface area (Å²) in [6.07, 6.45) is 6.48. The van der Waals surface area contributed by atoms with Crippen LogP contribution in [0.1, 0.15) is 73.4 Å². The number of fused-ring (bicyclic) bond motifs is 1. The fraction of sp³-hybridized carbons (Fsp3) is 0.684. The second-order valence-electron chi connectivity index (χ2n) is 7.60. The number of aryl methyl sites for hydroxylation is 1.